The molecule has 0 aliphatic heterocycles. The van der Waals surface area contributed by atoms with E-state index in [0.717, 1.165) is 6.07 Å². The Morgan fingerprint density at radius 2 is 2.23 bits per heavy atom. The van der Waals surface area contributed by atoms with Crippen LogP contribution in [0.2, 0.25) is 0 Å². The summed E-state index contributed by atoms with van der Waals surface area (Å²) in [6, 6.07) is 2.74. The second-order valence-corrected chi connectivity index (χ2v) is 2.96. The number of halogens is 3. The lowest BCUT2D eigenvalue weighted by Gasteiger charge is -2.04. The molecule has 0 unspecified atom stereocenters. The monoisotopic (exact) mass is 247 g/mol. The SMILES string of the molecule is N#Cc1cc(C(F)F)c(N)nc1Br. The highest BCUT2D eigenvalue weighted by molar-refractivity contribution is 9.10. The molecule has 1 aromatic rings. The normalized spacial score (nSPS) is 10.1. The van der Waals surface area contributed by atoms with Crippen molar-refractivity contribution in [1.82, 2.24) is 4.98 Å². The van der Waals surface area contributed by atoms with Gasteiger partial charge < -0.3 is 5.73 Å². The molecular formula is C7H4BrF2N3. The van der Waals surface area contributed by atoms with Crippen LogP contribution in [0.3, 0.4) is 0 Å². The van der Waals surface area contributed by atoms with Crippen LogP contribution >= 0.6 is 15.9 Å². The number of pyridine rings is 1. The Morgan fingerprint density at radius 1 is 1.62 bits per heavy atom. The van der Waals surface area contributed by atoms with Gasteiger partial charge in [-0.1, -0.05) is 0 Å². The Balaban J connectivity index is 3.33. The highest BCUT2D eigenvalue weighted by Crippen LogP contribution is 2.27. The van der Waals surface area contributed by atoms with Crippen LogP contribution in [0.25, 0.3) is 0 Å². The summed E-state index contributed by atoms with van der Waals surface area (Å²) in [4.78, 5) is 3.56. The zero-order valence-corrected chi connectivity index (χ0v) is 7.85. The lowest BCUT2D eigenvalue weighted by molar-refractivity contribution is 0.152. The summed E-state index contributed by atoms with van der Waals surface area (Å²) in [5.41, 5.74) is 4.84. The van der Waals surface area contributed by atoms with Crippen molar-refractivity contribution in [2.75, 3.05) is 5.73 Å². The molecule has 0 spiro atoms. The number of nitrogens with two attached hydrogens (primary N) is 1. The summed E-state index contributed by atoms with van der Waals surface area (Å²) in [6.07, 6.45) is -2.72. The van der Waals surface area contributed by atoms with Gasteiger partial charge in [0.2, 0.25) is 0 Å². The summed E-state index contributed by atoms with van der Waals surface area (Å²) in [7, 11) is 0. The van der Waals surface area contributed by atoms with Crippen LogP contribution in [0.1, 0.15) is 17.6 Å². The molecular weight excluding hydrogens is 244 g/mol. The fourth-order valence-corrected chi connectivity index (χ4v) is 1.17. The fraction of sp³-hybridized carbons (Fsp3) is 0.143. The number of rotatable bonds is 1. The van der Waals surface area contributed by atoms with Gasteiger partial charge in [-0.2, -0.15) is 5.26 Å². The first kappa shape index (κ1) is 9.86. The molecule has 1 rings (SSSR count). The zero-order valence-electron chi connectivity index (χ0n) is 6.26. The maximum atomic E-state index is 12.2. The Labute approximate surface area is 81.3 Å². The van der Waals surface area contributed by atoms with Gasteiger partial charge in [0.25, 0.3) is 6.43 Å². The smallest absolute Gasteiger partial charge is 0.267 e. The third kappa shape index (κ3) is 1.92. The fourth-order valence-electron chi connectivity index (χ4n) is 0.773. The first-order chi connectivity index (χ1) is 6.06. The third-order valence-corrected chi connectivity index (χ3v) is 2.00. The molecule has 0 saturated heterocycles. The first-order valence-corrected chi connectivity index (χ1v) is 3.99. The summed E-state index contributed by atoms with van der Waals surface area (Å²) < 4.78 is 24.6. The second-order valence-electron chi connectivity index (χ2n) is 2.21. The molecule has 0 amide bonds. The molecule has 0 atom stereocenters. The number of nitriles is 1. The van der Waals surface area contributed by atoms with Crippen molar-refractivity contribution in [3.8, 4) is 6.07 Å². The van der Waals surface area contributed by atoms with E-state index in [-0.39, 0.29) is 16.0 Å². The Bertz CT molecular complexity index is 373. The maximum absolute atomic E-state index is 12.2. The van der Waals surface area contributed by atoms with E-state index in [1.54, 1.807) is 6.07 Å². The topological polar surface area (TPSA) is 62.7 Å². The van der Waals surface area contributed by atoms with Gasteiger partial charge in [-0.3, -0.25) is 0 Å². The number of hydrogen-bond donors (Lipinski definition) is 1. The molecule has 13 heavy (non-hydrogen) atoms. The second kappa shape index (κ2) is 3.66. The predicted octanol–water partition coefficient (Wildman–Crippen LogP) is 2.24. The third-order valence-electron chi connectivity index (χ3n) is 1.39. The van der Waals surface area contributed by atoms with E-state index < -0.39 is 12.0 Å². The van der Waals surface area contributed by atoms with Crippen LogP contribution in [-0.4, -0.2) is 4.98 Å². The summed E-state index contributed by atoms with van der Waals surface area (Å²) in [5, 5.41) is 8.51. The van der Waals surface area contributed by atoms with E-state index in [0.29, 0.717) is 0 Å². The van der Waals surface area contributed by atoms with Crippen molar-refractivity contribution in [2.24, 2.45) is 0 Å². The number of hydrogen-bond acceptors (Lipinski definition) is 3. The van der Waals surface area contributed by atoms with Crippen LogP contribution in [0.5, 0.6) is 0 Å². The average Bonchev–Trinajstić information content (AvgIpc) is 2.03. The maximum Gasteiger partial charge on any atom is 0.267 e. The van der Waals surface area contributed by atoms with E-state index in [1.807, 2.05) is 0 Å². The van der Waals surface area contributed by atoms with E-state index in [4.69, 9.17) is 11.0 Å². The molecule has 1 aromatic heterocycles. The van der Waals surface area contributed by atoms with Gasteiger partial charge in [0.15, 0.2) is 0 Å². The van der Waals surface area contributed by atoms with Crippen molar-refractivity contribution in [1.29, 1.82) is 5.26 Å². The van der Waals surface area contributed by atoms with Crippen LogP contribution in [0.4, 0.5) is 14.6 Å². The number of alkyl halides is 2. The van der Waals surface area contributed by atoms with E-state index in [9.17, 15) is 8.78 Å². The molecule has 1 heterocycles. The van der Waals surface area contributed by atoms with Crippen LogP contribution in [0.15, 0.2) is 10.7 Å². The minimum absolute atomic E-state index is 0.0458. The van der Waals surface area contributed by atoms with Gasteiger partial charge in [-0.15, -0.1) is 0 Å². The Hall–Kier alpha value is -1.22. The van der Waals surface area contributed by atoms with Crippen molar-refractivity contribution < 1.29 is 8.78 Å². The summed E-state index contributed by atoms with van der Waals surface area (Å²) >= 11 is 2.93. The van der Waals surface area contributed by atoms with Gasteiger partial charge in [0, 0.05) is 0 Å². The van der Waals surface area contributed by atoms with Crippen molar-refractivity contribution in [3.63, 3.8) is 0 Å². The van der Waals surface area contributed by atoms with Crippen molar-refractivity contribution in [2.45, 2.75) is 6.43 Å². The van der Waals surface area contributed by atoms with Crippen molar-refractivity contribution >= 4 is 21.7 Å². The highest BCUT2D eigenvalue weighted by atomic mass is 79.9. The number of nitrogen functional groups attached to an aromatic ring is 1. The van der Waals surface area contributed by atoms with Crippen LogP contribution in [0, 0.1) is 11.3 Å². The largest absolute Gasteiger partial charge is 0.383 e. The number of nitrogens with zero attached hydrogens (tertiary/aromatic N) is 2. The molecule has 0 bridgehead atoms. The molecule has 0 fully saturated rings. The highest BCUT2D eigenvalue weighted by Gasteiger charge is 2.15. The Kier molecular flexibility index (Phi) is 2.78. The van der Waals surface area contributed by atoms with Gasteiger partial charge in [-0.25, -0.2) is 13.8 Å². The minimum atomic E-state index is -2.72. The molecule has 0 aromatic carbocycles. The van der Waals surface area contributed by atoms with Crippen LogP contribution < -0.4 is 5.73 Å². The molecule has 3 nitrogen and oxygen atoms in total. The molecule has 0 radical (unpaired) electrons. The quantitative estimate of drug-likeness (QED) is 0.775. The minimum Gasteiger partial charge on any atom is -0.383 e. The van der Waals surface area contributed by atoms with Crippen molar-refractivity contribution in [3.05, 3.63) is 21.8 Å². The lowest BCUT2D eigenvalue weighted by atomic mass is 10.2. The van der Waals surface area contributed by atoms with E-state index in [2.05, 4.69) is 20.9 Å². The molecule has 68 valence electrons. The first-order valence-electron chi connectivity index (χ1n) is 3.20. The van der Waals surface area contributed by atoms with Gasteiger partial charge in [-0.05, 0) is 22.0 Å². The predicted molar refractivity (Wildman–Crippen MR) is 46.0 cm³/mol. The standard InChI is InChI=1S/C7H4BrF2N3/c8-5-3(2-11)1-4(6(9)10)7(12)13-5/h1,6H,(H2,12,13). The summed E-state index contributed by atoms with van der Waals surface area (Å²) in [5.74, 6) is -0.263. The molecule has 0 saturated carbocycles. The molecule has 6 heteroatoms. The summed E-state index contributed by atoms with van der Waals surface area (Å²) in [6.45, 7) is 0. The number of anilines is 1. The van der Waals surface area contributed by atoms with E-state index in [1.165, 1.54) is 0 Å². The Morgan fingerprint density at radius 3 is 2.69 bits per heavy atom. The van der Waals surface area contributed by atoms with Gasteiger partial charge >= 0.3 is 0 Å². The average molecular weight is 248 g/mol. The zero-order chi connectivity index (χ0) is 10.0. The molecule has 2 N–H and O–H groups in total. The lowest BCUT2D eigenvalue weighted by Crippen LogP contribution is -2.00. The van der Waals surface area contributed by atoms with Crippen LogP contribution in [-0.2, 0) is 0 Å². The number of aromatic nitrogens is 1. The van der Waals surface area contributed by atoms with Gasteiger partial charge in [0.05, 0.1) is 11.1 Å². The molecule has 0 aliphatic carbocycles. The van der Waals surface area contributed by atoms with E-state index >= 15 is 0 Å². The molecule has 0 aliphatic rings. The van der Waals surface area contributed by atoms with Gasteiger partial charge in [0.1, 0.15) is 16.5 Å².